The Morgan fingerprint density at radius 1 is 0.905 bits per heavy atom. The van der Waals surface area contributed by atoms with Gasteiger partial charge in [-0.05, 0) is 0 Å². The molecule has 0 aromatic rings. The molecule has 1 fully saturated rings. The molecule has 0 aromatic carbocycles. The van der Waals surface area contributed by atoms with Gasteiger partial charge in [0.2, 0.25) is 11.1 Å². The molecule has 1 rings (SSSR count). The summed E-state index contributed by atoms with van der Waals surface area (Å²) in [5.74, 6) is 0. The number of piperidine rings is 1. The van der Waals surface area contributed by atoms with Crippen molar-refractivity contribution in [3.63, 3.8) is 0 Å². The van der Waals surface area contributed by atoms with Crippen LogP contribution in [0.1, 0.15) is 47.0 Å². The zero-order valence-corrected chi connectivity index (χ0v) is 15.9. The van der Waals surface area contributed by atoms with E-state index in [4.69, 9.17) is 0 Å². The molecular weight excluding hydrogens is 262 g/mol. The second-order valence-electron chi connectivity index (χ2n) is 9.85. The van der Waals surface area contributed by atoms with Crippen molar-refractivity contribution >= 4 is 0 Å². The van der Waals surface area contributed by atoms with Gasteiger partial charge in [-0.3, -0.25) is 0 Å². The molecular formula is C17H38N3O+3. The standard InChI is InChI=1S/C17H38N3O/c1-16(2)13-15(14-17(3,4)18(16)21)20(8,9)12-10-11-19(5,6)7/h15H,10-14H2,1-9H3/q+3. The largest absolute Gasteiger partial charge is 0.331 e. The van der Waals surface area contributed by atoms with Gasteiger partial charge in [-0.25, -0.2) is 0 Å². The topological polar surface area (TPSA) is 20.1 Å². The molecule has 0 saturated carbocycles. The van der Waals surface area contributed by atoms with Crippen molar-refractivity contribution in [3.05, 3.63) is 4.91 Å². The van der Waals surface area contributed by atoms with E-state index in [0.29, 0.717) is 6.04 Å². The minimum absolute atomic E-state index is 0.262. The van der Waals surface area contributed by atoms with Gasteiger partial charge in [0.25, 0.3) is 0 Å². The lowest BCUT2D eigenvalue weighted by molar-refractivity contribution is -0.931. The third kappa shape index (κ3) is 4.75. The van der Waals surface area contributed by atoms with Gasteiger partial charge in [0.1, 0.15) is 6.04 Å². The zero-order chi connectivity index (χ0) is 16.7. The number of quaternary nitrogens is 2. The van der Waals surface area contributed by atoms with E-state index in [1.165, 1.54) is 24.3 Å². The van der Waals surface area contributed by atoms with Crippen molar-refractivity contribution in [2.45, 2.75) is 64.1 Å². The Morgan fingerprint density at radius 3 is 1.71 bits per heavy atom. The maximum Gasteiger partial charge on any atom is 0.211 e. The van der Waals surface area contributed by atoms with Gasteiger partial charge in [-0.1, -0.05) is 0 Å². The minimum Gasteiger partial charge on any atom is -0.331 e. The van der Waals surface area contributed by atoms with Gasteiger partial charge in [-0.2, -0.15) is 0 Å². The monoisotopic (exact) mass is 300 g/mol. The average molecular weight is 301 g/mol. The highest BCUT2D eigenvalue weighted by Crippen LogP contribution is 2.38. The molecule has 21 heavy (non-hydrogen) atoms. The Labute approximate surface area is 131 Å². The fourth-order valence-electron chi connectivity index (χ4n) is 3.84. The summed E-state index contributed by atoms with van der Waals surface area (Å²) in [7, 11) is 11.4. The summed E-state index contributed by atoms with van der Waals surface area (Å²) in [6.45, 7) is 10.8. The molecule has 0 aromatic heterocycles. The fourth-order valence-corrected chi connectivity index (χ4v) is 3.84. The summed E-state index contributed by atoms with van der Waals surface area (Å²) < 4.78 is 3.39. The zero-order valence-electron chi connectivity index (χ0n) is 15.9. The van der Waals surface area contributed by atoms with E-state index in [2.05, 4.69) is 62.9 Å². The second kappa shape index (κ2) is 5.62. The first-order chi connectivity index (χ1) is 9.17. The van der Waals surface area contributed by atoms with Crippen LogP contribution in [-0.4, -0.2) is 79.2 Å². The highest BCUT2D eigenvalue weighted by atomic mass is 16.3. The molecule has 0 aliphatic carbocycles. The third-order valence-corrected chi connectivity index (χ3v) is 5.12. The van der Waals surface area contributed by atoms with Gasteiger partial charge in [0.15, 0.2) is 0 Å². The first-order valence-electron chi connectivity index (χ1n) is 8.28. The lowest BCUT2D eigenvalue weighted by Gasteiger charge is -2.45. The van der Waals surface area contributed by atoms with Crippen LogP contribution >= 0.6 is 0 Å². The molecule has 1 aliphatic heterocycles. The SMILES string of the molecule is CC1(C)CC([N+](C)(C)CCC[N+](C)(C)C)CC(C)(C)[N+]1=O. The fraction of sp³-hybridized carbons (Fsp3) is 1.00. The lowest BCUT2D eigenvalue weighted by Crippen LogP contribution is -2.63. The molecule has 0 N–H and O–H groups in total. The molecule has 0 amide bonds. The molecule has 1 saturated heterocycles. The normalized spacial score (nSPS) is 23.4. The highest BCUT2D eigenvalue weighted by Gasteiger charge is 2.57. The number of hydrogen-bond acceptors (Lipinski definition) is 1. The summed E-state index contributed by atoms with van der Waals surface area (Å²) in [6, 6.07) is 0.563. The molecule has 0 atom stereocenters. The predicted molar refractivity (Wildman–Crippen MR) is 89.3 cm³/mol. The van der Waals surface area contributed by atoms with Crippen LogP contribution in [0.2, 0.25) is 0 Å². The van der Waals surface area contributed by atoms with Gasteiger partial charge in [0.05, 0.1) is 61.2 Å². The van der Waals surface area contributed by atoms with E-state index in [1.54, 1.807) is 0 Å². The predicted octanol–water partition coefficient (Wildman–Crippen LogP) is 2.66. The summed E-state index contributed by atoms with van der Waals surface area (Å²) in [5, 5.41) is 0. The maximum absolute atomic E-state index is 12.5. The molecule has 0 bridgehead atoms. The smallest absolute Gasteiger partial charge is 0.211 e. The first kappa shape index (κ1) is 18.6. The molecule has 0 radical (unpaired) electrons. The average Bonchev–Trinajstić information content (AvgIpc) is 2.22. The molecule has 1 heterocycles. The van der Waals surface area contributed by atoms with E-state index >= 15 is 0 Å². The van der Waals surface area contributed by atoms with Gasteiger partial charge in [0, 0.05) is 43.8 Å². The van der Waals surface area contributed by atoms with Crippen LogP contribution in [0.15, 0.2) is 0 Å². The Hall–Kier alpha value is -0.480. The van der Waals surface area contributed by atoms with Crippen LogP contribution in [0.25, 0.3) is 0 Å². The van der Waals surface area contributed by atoms with E-state index < -0.39 is 0 Å². The van der Waals surface area contributed by atoms with Crippen LogP contribution < -0.4 is 0 Å². The molecule has 1 aliphatic rings. The van der Waals surface area contributed by atoms with Crippen molar-refractivity contribution in [1.82, 2.24) is 0 Å². The first-order valence-corrected chi connectivity index (χ1v) is 8.28. The molecule has 0 unspecified atom stereocenters. The third-order valence-electron chi connectivity index (χ3n) is 5.12. The van der Waals surface area contributed by atoms with Gasteiger partial charge >= 0.3 is 0 Å². The molecule has 4 heteroatoms. The Kier molecular flexibility index (Phi) is 4.97. The molecule has 0 spiro atoms. The van der Waals surface area contributed by atoms with Crippen molar-refractivity contribution in [2.75, 3.05) is 48.3 Å². The Morgan fingerprint density at radius 2 is 1.33 bits per heavy atom. The van der Waals surface area contributed by atoms with Crippen LogP contribution in [-0.2, 0) is 0 Å². The van der Waals surface area contributed by atoms with Crippen molar-refractivity contribution in [1.29, 1.82) is 0 Å². The van der Waals surface area contributed by atoms with Crippen LogP contribution in [0.5, 0.6) is 0 Å². The van der Waals surface area contributed by atoms with E-state index in [-0.39, 0.29) is 11.1 Å². The van der Waals surface area contributed by atoms with E-state index in [0.717, 1.165) is 21.8 Å². The van der Waals surface area contributed by atoms with E-state index in [1.807, 2.05) is 0 Å². The minimum atomic E-state index is -0.262. The maximum atomic E-state index is 12.5. The quantitative estimate of drug-likeness (QED) is 0.564. The second-order valence-corrected chi connectivity index (χ2v) is 9.85. The van der Waals surface area contributed by atoms with Crippen LogP contribution in [0.3, 0.4) is 0 Å². The summed E-state index contributed by atoms with van der Waals surface area (Å²) >= 11 is 0. The number of hydrogen-bond donors (Lipinski definition) is 0. The highest BCUT2D eigenvalue weighted by molar-refractivity contribution is 4.87. The van der Waals surface area contributed by atoms with Gasteiger partial charge in [-0.15, -0.1) is 0 Å². The Balaban J connectivity index is 2.77. The number of nitroso groups, excluding NO2 is 1. The molecule has 124 valence electrons. The number of nitrogens with zero attached hydrogens (tertiary/aromatic N) is 3. The Bertz CT molecular complexity index is 371. The van der Waals surface area contributed by atoms with Crippen molar-refractivity contribution < 1.29 is 13.7 Å². The summed E-state index contributed by atoms with van der Waals surface area (Å²) in [5.41, 5.74) is -0.524. The van der Waals surface area contributed by atoms with E-state index in [9.17, 15) is 4.91 Å². The van der Waals surface area contributed by atoms with Crippen molar-refractivity contribution in [2.24, 2.45) is 0 Å². The summed E-state index contributed by atoms with van der Waals surface area (Å²) in [4.78, 5) is 12.5. The lowest BCUT2D eigenvalue weighted by atomic mass is 9.78. The molecule has 4 nitrogen and oxygen atoms in total. The summed E-state index contributed by atoms with van der Waals surface area (Å²) in [6.07, 6.45) is 3.20. The van der Waals surface area contributed by atoms with Crippen LogP contribution in [0, 0.1) is 4.91 Å². The van der Waals surface area contributed by atoms with Gasteiger partial charge < -0.3 is 8.97 Å². The van der Waals surface area contributed by atoms with Crippen LogP contribution in [0.4, 0.5) is 0 Å². The van der Waals surface area contributed by atoms with Crippen molar-refractivity contribution in [3.8, 4) is 0 Å². The number of rotatable bonds is 5.